The number of benzene rings is 7. The third-order valence-electron chi connectivity index (χ3n) is 8.68. The Morgan fingerprint density at radius 2 is 1.07 bits per heavy atom. The molecule has 3 heteroatoms. The van der Waals surface area contributed by atoms with E-state index in [1.807, 2.05) is 17.4 Å². The lowest BCUT2D eigenvalue weighted by atomic mass is 10.0. The highest BCUT2D eigenvalue weighted by atomic mass is 32.1. The van der Waals surface area contributed by atoms with Gasteiger partial charge >= 0.3 is 0 Å². The van der Waals surface area contributed by atoms with Gasteiger partial charge in [0.05, 0.1) is 11.4 Å². The highest BCUT2D eigenvalue weighted by Crippen LogP contribution is 2.49. The average Bonchev–Trinajstić information content (AvgIpc) is 3.69. The number of anilines is 3. The number of nitrogens with zero attached hydrogens (tertiary/aromatic N) is 1. The minimum atomic E-state index is 0.882. The molecular weight excluding hydrogens is 567 g/mol. The Morgan fingerprint density at radius 3 is 1.89 bits per heavy atom. The topological polar surface area (TPSA) is 16.4 Å². The van der Waals surface area contributed by atoms with E-state index in [-0.39, 0.29) is 0 Å². The van der Waals surface area contributed by atoms with Gasteiger partial charge < -0.3 is 9.32 Å². The summed E-state index contributed by atoms with van der Waals surface area (Å²) in [5, 5.41) is 4.74. The molecule has 0 aliphatic heterocycles. The molecule has 0 spiro atoms. The highest BCUT2D eigenvalue weighted by Gasteiger charge is 2.23. The predicted molar refractivity (Wildman–Crippen MR) is 192 cm³/mol. The van der Waals surface area contributed by atoms with Crippen molar-refractivity contribution >= 4 is 70.5 Å². The molecule has 0 radical (unpaired) electrons. The number of hydrogen-bond donors (Lipinski definition) is 0. The summed E-state index contributed by atoms with van der Waals surface area (Å²) in [4.78, 5) is 2.38. The fraction of sp³-hybridized carbons (Fsp3) is 0. The first-order valence-corrected chi connectivity index (χ1v) is 16.0. The van der Waals surface area contributed by atoms with Crippen molar-refractivity contribution in [2.75, 3.05) is 4.90 Å². The molecule has 212 valence electrons. The molecule has 0 amide bonds. The summed E-state index contributed by atoms with van der Waals surface area (Å²) in [5.74, 6) is 0. The molecule has 0 saturated heterocycles. The van der Waals surface area contributed by atoms with Crippen molar-refractivity contribution in [2.24, 2.45) is 0 Å². The number of hydrogen-bond acceptors (Lipinski definition) is 3. The fourth-order valence-corrected chi connectivity index (χ4v) is 7.87. The molecule has 9 aromatic rings. The van der Waals surface area contributed by atoms with Crippen LogP contribution < -0.4 is 4.90 Å². The molecule has 0 saturated carbocycles. The minimum absolute atomic E-state index is 0.882. The van der Waals surface area contributed by atoms with Gasteiger partial charge in [-0.1, -0.05) is 127 Å². The van der Waals surface area contributed by atoms with Gasteiger partial charge in [-0.25, -0.2) is 0 Å². The van der Waals surface area contributed by atoms with E-state index in [9.17, 15) is 0 Å². The van der Waals surface area contributed by atoms with E-state index >= 15 is 0 Å². The highest BCUT2D eigenvalue weighted by molar-refractivity contribution is 7.26. The van der Waals surface area contributed by atoms with Crippen LogP contribution in [0.1, 0.15) is 0 Å². The SMILES string of the molecule is c1ccc(-c2ccc(N(c3cccc4c3oc3ccccc34)c3cccc4sc5c(-c6ccccc6)cccc5c34)cc2)cc1. The number of para-hydroxylation sites is 2. The third-order valence-corrected chi connectivity index (χ3v) is 9.89. The Bertz CT molecular complexity index is 2470. The van der Waals surface area contributed by atoms with Gasteiger partial charge in [0.25, 0.3) is 0 Å². The Morgan fingerprint density at radius 1 is 0.444 bits per heavy atom. The van der Waals surface area contributed by atoms with Crippen molar-refractivity contribution in [3.05, 3.63) is 164 Å². The predicted octanol–water partition coefficient (Wildman–Crippen LogP) is 12.8. The van der Waals surface area contributed by atoms with Crippen LogP contribution in [0.15, 0.2) is 168 Å². The Labute approximate surface area is 265 Å². The van der Waals surface area contributed by atoms with Crippen molar-refractivity contribution in [3.63, 3.8) is 0 Å². The van der Waals surface area contributed by atoms with Crippen molar-refractivity contribution in [1.29, 1.82) is 0 Å². The van der Waals surface area contributed by atoms with E-state index in [1.165, 1.54) is 42.4 Å². The summed E-state index contributed by atoms with van der Waals surface area (Å²) in [7, 11) is 0. The second-order valence-electron chi connectivity index (χ2n) is 11.3. The van der Waals surface area contributed by atoms with Crippen LogP contribution in [0.3, 0.4) is 0 Å². The van der Waals surface area contributed by atoms with Crippen LogP contribution in [0.4, 0.5) is 17.1 Å². The molecule has 0 bridgehead atoms. The molecule has 45 heavy (non-hydrogen) atoms. The summed E-state index contributed by atoms with van der Waals surface area (Å²) in [6.45, 7) is 0. The molecule has 0 aliphatic rings. The molecule has 0 fully saturated rings. The van der Waals surface area contributed by atoms with Crippen LogP contribution in [0.5, 0.6) is 0 Å². The van der Waals surface area contributed by atoms with Crippen LogP contribution in [0, 0.1) is 0 Å². The van der Waals surface area contributed by atoms with Gasteiger partial charge in [0, 0.05) is 36.6 Å². The summed E-state index contributed by atoms with van der Waals surface area (Å²) in [6.07, 6.45) is 0. The lowest BCUT2D eigenvalue weighted by Gasteiger charge is -2.26. The normalized spacial score (nSPS) is 11.6. The zero-order valence-electron chi connectivity index (χ0n) is 24.4. The molecule has 0 N–H and O–H groups in total. The standard InChI is InChI=1S/C42H27NOS/c1-3-12-28(13-4-1)29-24-26-31(27-25-29)43(37-21-10-18-34-33-16-7-8-22-38(33)44-41(34)37)36-20-11-23-39-40(36)35-19-9-17-32(42(35)45-39)30-14-5-2-6-15-30/h1-27H. The first-order valence-electron chi connectivity index (χ1n) is 15.2. The second kappa shape index (κ2) is 10.5. The molecule has 0 atom stereocenters. The molecule has 9 rings (SSSR count). The monoisotopic (exact) mass is 593 g/mol. The first-order chi connectivity index (χ1) is 22.3. The van der Waals surface area contributed by atoms with Crippen molar-refractivity contribution in [1.82, 2.24) is 0 Å². The van der Waals surface area contributed by atoms with Crippen LogP contribution in [0.25, 0.3) is 64.4 Å². The zero-order valence-corrected chi connectivity index (χ0v) is 25.2. The van der Waals surface area contributed by atoms with E-state index in [0.29, 0.717) is 0 Å². The maximum atomic E-state index is 6.62. The van der Waals surface area contributed by atoms with Gasteiger partial charge in [0.1, 0.15) is 5.58 Å². The number of thiophene rings is 1. The summed E-state index contributed by atoms with van der Waals surface area (Å²) < 4.78 is 9.18. The van der Waals surface area contributed by atoms with Crippen LogP contribution in [0.2, 0.25) is 0 Å². The lowest BCUT2D eigenvalue weighted by Crippen LogP contribution is -2.10. The van der Waals surface area contributed by atoms with Gasteiger partial charge in [-0.05, 0) is 58.7 Å². The quantitative estimate of drug-likeness (QED) is 0.197. The fourth-order valence-electron chi connectivity index (χ4n) is 6.61. The summed E-state index contributed by atoms with van der Waals surface area (Å²) in [6, 6.07) is 58.3. The largest absolute Gasteiger partial charge is 0.454 e. The Kier molecular flexibility index (Phi) is 6.03. The smallest absolute Gasteiger partial charge is 0.159 e. The number of rotatable bonds is 5. The van der Waals surface area contributed by atoms with Crippen molar-refractivity contribution in [3.8, 4) is 22.3 Å². The molecule has 2 aromatic heterocycles. The maximum Gasteiger partial charge on any atom is 0.159 e. The van der Waals surface area contributed by atoms with E-state index in [2.05, 4.69) is 163 Å². The Hall–Kier alpha value is -5.64. The molecular formula is C42H27NOS. The average molecular weight is 594 g/mol. The first kappa shape index (κ1) is 25.8. The maximum absolute atomic E-state index is 6.62. The molecule has 0 unspecified atom stereocenters. The zero-order chi connectivity index (χ0) is 29.7. The van der Waals surface area contributed by atoms with Gasteiger partial charge in [0.2, 0.25) is 0 Å². The van der Waals surface area contributed by atoms with Crippen LogP contribution in [-0.2, 0) is 0 Å². The van der Waals surface area contributed by atoms with E-state index in [0.717, 1.165) is 39.0 Å². The summed E-state index contributed by atoms with van der Waals surface area (Å²) in [5.41, 5.74) is 9.89. The van der Waals surface area contributed by atoms with Gasteiger partial charge in [0.15, 0.2) is 5.58 Å². The van der Waals surface area contributed by atoms with E-state index in [1.54, 1.807) is 0 Å². The Balaban J connectivity index is 1.32. The van der Waals surface area contributed by atoms with E-state index < -0.39 is 0 Å². The molecule has 0 aliphatic carbocycles. The number of furan rings is 1. The molecule has 7 aromatic carbocycles. The lowest BCUT2D eigenvalue weighted by molar-refractivity contribution is 0.669. The van der Waals surface area contributed by atoms with Crippen molar-refractivity contribution < 1.29 is 4.42 Å². The van der Waals surface area contributed by atoms with Crippen LogP contribution >= 0.6 is 11.3 Å². The van der Waals surface area contributed by atoms with E-state index in [4.69, 9.17) is 4.42 Å². The summed E-state index contributed by atoms with van der Waals surface area (Å²) >= 11 is 1.86. The number of fused-ring (bicyclic) bond motifs is 6. The van der Waals surface area contributed by atoms with Gasteiger partial charge in [-0.15, -0.1) is 11.3 Å². The third kappa shape index (κ3) is 4.24. The second-order valence-corrected chi connectivity index (χ2v) is 12.4. The van der Waals surface area contributed by atoms with Crippen molar-refractivity contribution in [2.45, 2.75) is 0 Å². The minimum Gasteiger partial charge on any atom is -0.454 e. The van der Waals surface area contributed by atoms with Gasteiger partial charge in [-0.3, -0.25) is 0 Å². The molecule has 2 heterocycles. The molecule has 2 nitrogen and oxygen atoms in total. The van der Waals surface area contributed by atoms with Gasteiger partial charge in [-0.2, -0.15) is 0 Å². The van der Waals surface area contributed by atoms with Crippen LogP contribution in [-0.4, -0.2) is 0 Å².